The number of aromatic nitrogens is 5. The number of benzene rings is 2. The van der Waals surface area contributed by atoms with Gasteiger partial charge in [-0.15, -0.1) is 5.10 Å². The number of anilines is 1. The molecule has 0 radical (unpaired) electrons. The average Bonchev–Trinajstić information content (AvgIpc) is 3.29. The Morgan fingerprint density at radius 3 is 2.50 bits per heavy atom. The minimum atomic E-state index is -4.43. The lowest BCUT2D eigenvalue weighted by Crippen LogP contribution is -2.41. The number of carbonyl (C=O) groups is 1. The fourth-order valence-corrected chi connectivity index (χ4v) is 4.62. The summed E-state index contributed by atoms with van der Waals surface area (Å²) in [5, 5.41) is 10.8. The first-order chi connectivity index (χ1) is 18.1. The molecule has 1 aliphatic heterocycles. The molecule has 3 heterocycles. The Bertz CT molecular complexity index is 1540. The Kier molecular flexibility index (Phi) is 6.64. The molecule has 0 unspecified atom stereocenters. The van der Waals surface area contributed by atoms with Crippen LogP contribution in [0.15, 0.2) is 47.3 Å². The van der Waals surface area contributed by atoms with Crippen molar-refractivity contribution in [2.45, 2.75) is 45.3 Å². The van der Waals surface area contributed by atoms with Gasteiger partial charge in [-0.25, -0.2) is 14.5 Å². The average molecular weight is 526 g/mol. The summed E-state index contributed by atoms with van der Waals surface area (Å²) >= 11 is 0. The van der Waals surface area contributed by atoms with Crippen molar-refractivity contribution >= 4 is 22.9 Å². The molecule has 9 nitrogen and oxygen atoms in total. The number of aryl methyl sites for hydroxylation is 2. The third-order valence-electron chi connectivity index (χ3n) is 6.85. The van der Waals surface area contributed by atoms with Gasteiger partial charge in [-0.05, 0) is 62.1 Å². The topological polar surface area (TPSA) is 109 Å². The monoisotopic (exact) mass is 525 g/mol. The summed E-state index contributed by atoms with van der Waals surface area (Å²) in [7, 11) is 0. The molecule has 2 aromatic heterocycles. The Morgan fingerprint density at radius 1 is 1.11 bits per heavy atom. The molecule has 0 bridgehead atoms. The number of likely N-dealkylation sites (tertiary alicyclic amines) is 1. The number of hydrogen-bond acceptors (Lipinski definition) is 5. The number of fused-ring (bicyclic) bond motifs is 1. The van der Waals surface area contributed by atoms with Gasteiger partial charge in [0.2, 0.25) is 0 Å². The highest BCUT2D eigenvalue weighted by Crippen LogP contribution is 2.30. The molecule has 2 N–H and O–H groups in total. The zero-order valence-corrected chi connectivity index (χ0v) is 20.8. The van der Waals surface area contributed by atoms with Crippen LogP contribution in [0.4, 0.5) is 23.7 Å². The zero-order chi connectivity index (χ0) is 27.0. The second-order valence-corrected chi connectivity index (χ2v) is 9.57. The lowest BCUT2D eigenvalue weighted by molar-refractivity contribution is -0.137. The highest BCUT2D eigenvalue weighted by molar-refractivity contribution is 5.89. The van der Waals surface area contributed by atoms with Gasteiger partial charge in [0.15, 0.2) is 11.2 Å². The van der Waals surface area contributed by atoms with Crippen molar-refractivity contribution in [1.29, 1.82) is 0 Å². The van der Waals surface area contributed by atoms with Gasteiger partial charge >= 0.3 is 12.2 Å². The number of nitrogens with zero attached hydrogens (tertiary/aromatic N) is 5. The van der Waals surface area contributed by atoms with Crippen LogP contribution in [0.2, 0.25) is 0 Å². The lowest BCUT2D eigenvalue weighted by atomic mass is 9.96. The first-order valence-corrected chi connectivity index (χ1v) is 12.2. The number of hydrogen-bond donors (Lipinski definition) is 2. The largest absolute Gasteiger partial charge is 0.416 e. The van der Waals surface area contributed by atoms with Crippen molar-refractivity contribution in [1.82, 2.24) is 29.9 Å². The number of halogens is 3. The van der Waals surface area contributed by atoms with Crippen LogP contribution in [0.25, 0.3) is 11.2 Å². The molecule has 1 saturated heterocycles. The van der Waals surface area contributed by atoms with Gasteiger partial charge in [0, 0.05) is 24.7 Å². The Morgan fingerprint density at radius 2 is 1.82 bits per heavy atom. The first-order valence-electron chi connectivity index (χ1n) is 12.2. The standard InChI is InChI=1S/C26H26F3N7O2/c1-15-3-4-16(2)18(13-15)14-36-23-21(33-34-36)24(37)32-22(31-23)17-9-11-35(12-10-17)25(38)30-20-7-5-19(6-8-20)26(27,28)29/h3-8,13,17H,9-12,14H2,1-2H3,(H,30,38)(H,31,32,37). The van der Waals surface area contributed by atoms with E-state index >= 15 is 0 Å². The number of amides is 2. The van der Waals surface area contributed by atoms with E-state index in [4.69, 9.17) is 4.98 Å². The lowest BCUT2D eigenvalue weighted by Gasteiger charge is -2.31. The number of nitrogens with one attached hydrogen (secondary N) is 2. The van der Waals surface area contributed by atoms with E-state index < -0.39 is 17.8 Å². The molecule has 1 fully saturated rings. The van der Waals surface area contributed by atoms with Crippen molar-refractivity contribution in [2.75, 3.05) is 18.4 Å². The van der Waals surface area contributed by atoms with Gasteiger partial charge < -0.3 is 15.2 Å². The highest BCUT2D eigenvalue weighted by Gasteiger charge is 2.30. The van der Waals surface area contributed by atoms with E-state index in [9.17, 15) is 22.8 Å². The number of rotatable bonds is 4. The molecule has 0 spiro atoms. The summed E-state index contributed by atoms with van der Waals surface area (Å²) in [5.74, 6) is 0.445. The fraction of sp³-hybridized carbons (Fsp3) is 0.346. The van der Waals surface area contributed by atoms with Crippen LogP contribution < -0.4 is 10.9 Å². The molecule has 4 aromatic rings. The van der Waals surface area contributed by atoms with Crippen LogP contribution in [0.1, 0.15) is 46.8 Å². The smallest absolute Gasteiger partial charge is 0.324 e. The fourth-order valence-electron chi connectivity index (χ4n) is 4.62. The SMILES string of the molecule is Cc1ccc(C)c(Cn2nnc3c(=O)[nH]c(C4CCN(C(=O)Nc5ccc(C(F)(F)F)cc5)CC4)nc32)c1. The van der Waals surface area contributed by atoms with E-state index in [1.54, 1.807) is 9.58 Å². The van der Waals surface area contributed by atoms with E-state index in [0.29, 0.717) is 43.9 Å². The van der Waals surface area contributed by atoms with Crippen molar-refractivity contribution in [3.63, 3.8) is 0 Å². The summed E-state index contributed by atoms with van der Waals surface area (Å²) in [4.78, 5) is 34.5. The molecule has 12 heteroatoms. The number of piperidine rings is 1. The van der Waals surface area contributed by atoms with Crippen LogP contribution in [-0.2, 0) is 12.7 Å². The molecular formula is C26H26F3N7O2. The van der Waals surface area contributed by atoms with Gasteiger partial charge in [-0.1, -0.05) is 29.0 Å². The summed E-state index contributed by atoms with van der Waals surface area (Å²) in [5.41, 5.74) is 3.01. The third-order valence-corrected chi connectivity index (χ3v) is 6.85. The minimum absolute atomic E-state index is 0.0775. The van der Waals surface area contributed by atoms with Gasteiger partial charge in [0.05, 0.1) is 12.1 Å². The molecule has 5 rings (SSSR count). The second kappa shape index (κ2) is 9.92. The van der Waals surface area contributed by atoms with Crippen molar-refractivity contribution < 1.29 is 18.0 Å². The van der Waals surface area contributed by atoms with Crippen LogP contribution in [0.3, 0.4) is 0 Å². The summed E-state index contributed by atoms with van der Waals surface area (Å²) in [6, 6.07) is 10.1. The van der Waals surface area contributed by atoms with Crippen LogP contribution >= 0.6 is 0 Å². The summed E-state index contributed by atoms with van der Waals surface area (Å²) in [6.07, 6.45) is -3.31. The Balaban J connectivity index is 1.27. The van der Waals surface area contributed by atoms with E-state index in [1.807, 2.05) is 26.0 Å². The number of aromatic amines is 1. The normalized spacial score (nSPS) is 14.7. The van der Waals surface area contributed by atoms with E-state index in [0.717, 1.165) is 28.8 Å². The number of carbonyl (C=O) groups excluding carboxylic acids is 1. The first kappa shape index (κ1) is 25.4. The molecule has 0 saturated carbocycles. The van der Waals surface area contributed by atoms with Crippen molar-refractivity contribution in [3.8, 4) is 0 Å². The predicted octanol–water partition coefficient (Wildman–Crippen LogP) is 4.61. The maximum absolute atomic E-state index is 12.8. The predicted molar refractivity (Wildman–Crippen MR) is 135 cm³/mol. The molecule has 0 atom stereocenters. The second-order valence-electron chi connectivity index (χ2n) is 9.57. The molecule has 0 aliphatic carbocycles. The molecular weight excluding hydrogens is 499 g/mol. The summed E-state index contributed by atoms with van der Waals surface area (Å²) in [6.45, 7) is 5.26. The maximum atomic E-state index is 12.8. The number of H-pyrrole nitrogens is 1. The van der Waals surface area contributed by atoms with E-state index in [1.165, 1.54) is 12.1 Å². The molecule has 198 valence electrons. The van der Waals surface area contributed by atoms with Crippen molar-refractivity contribution in [3.05, 3.63) is 80.9 Å². The van der Waals surface area contributed by atoms with Gasteiger partial charge in [-0.2, -0.15) is 13.2 Å². The molecule has 1 aliphatic rings. The van der Waals surface area contributed by atoms with Crippen LogP contribution in [-0.4, -0.2) is 49.0 Å². The molecule has 38 heavy (non-hydrogen) atoms. The number of urea groups is 1. The quantitative estimate of drug-likeness (QED) is 0.405. The Hall–Kier alpha value is -4.22. The minimum Gasteiger partial charge on any atom is -0.324 e. The number of alkyl halides is 3. The van der Waals surface area contributed by atoms with Crippen molar-refractivity contribution in [2.24, 2.45) is 0 Å². The highest BCUT2D eigenvalue weighted by atomic mass is 19.4. The third kappa shape index (κ3) is 5.24. The van der Waals surface area contributed by atoms with Crippen LogP contribution in [0.5, 0.6) is 0 Å². The van der Waals surface area contributed by atoms with Gasteiger partial charge in [-0.3, -0.25) is 4.79 Å². The van der Waals surface area contributed by atoms with E-state index in [2.05, 4.69) is 26.7 Å². The van der Waals surface area contributed by atoms with Crippen LogP contribution in [0, 0.1) is 13.8 Å². The Labute approximate surface area is 215 Å². The van der Waals surface area contributed by atoms with Gasteiger partial charge in [0.25, 0.3) is 5.56 Å². The van der Waals surface area contributed by atoms with Gasteiger partial charge in [0.1, 0.15) is 5.82 Å². The molecule has 2 aromatic carbocycles. The van der Waals surface area contributed by atoms with E-state index in [-0.39, 0.29) is 22.7 Å². The molecule has 2 amide bonds. The zero-order valence-electron chi connectivity index (χ0n) is 20.8. The summed E-state index contributed by atoms with van der Waals surface area (Å²) < 4.78 is 39.9. The maximum Gasteiger partial charge on any atom is 0.416 e.